The van der Waals surface area contributed by atoms with Crippen LogP contribution in [0, 0.1) is 29.8 Å². The van der Waals surface area contributed by atoms with Gasteiger partial charge in [0, 0.05) is 24.6 Å². The molecule has 3 aromatic rings. The fourth-order valence-electron chi connectivity index (χ4n) is 3.55. The van der Waals surface area contributed by atoms with E-state index >= 15 is 0 Å². The van der Waals surface area contributed by atoms with Gasteiger partial charge in [-0.05, 0) is 65.8 Å². The van der Waals surface area contributed by atoms with E-state index in [1.165, 1.54) is 12.1 Å². The van der Waals surface area contributed by atoms with Gasteiger partial charge in [0.2, 0.25) is 0 Å². The van der Waals surface area contributed by atoms with Crippen LogP contribution in [0.1, 0.15) is 28.7 Å². The molecule has 0 atom stereocenters. The predicted molar refractivity (Wildman–Crippen MR) is 115 cm³/mol. The molecule has 0 bridgehead atoms. The summed E-state index contributed by atoms with van der Waals surface area (Å²) in [4.78, 5) is 21.3. The molecule has 1 N–H and O–H groups in total. The van der Waals surface area contributed by atoms with Crippen molar-refractivity contribution < 1.29 is 24.0 Å². The highest BCUT2D eigenvalue weighted by Crippen LogP contribution is 2.31. The molecule has 0 spiro atoms. The number of carbonyl (C=O) groups is 1. The Labute approximate surface area is 179 Å². The molecule has 3 aromatic carbocycles. The van der Waals surface area contributed by atoms with E-state index in [1.807, 2.05) is 38.1 Å². The number of halogens is 1. The molecule has 0 unspecified atom stereocenters. The first-order valence-corrected chi connectivity index (χ1v) is 9.72. The second kappa shape index (κ2) is 9.38. The highest BCUT2D eigenvalue weighted by Gasteiger charge is 2.14. The number of non-ortho nitro benzene ring substituents is 1. The van der Waals surface area contributed by atoms with E-state index in [1.54, 1.807) is 18.2 Å². The number of nitrogens with zero attached hydrogens (tertiary/aromatic N) is 1. The lowest BCUT2D eigenvalue weighted by Gasteiger charge is -2.13. The first-order valence-electron chi connectivity index (χ1n) is 9.72. The summed E-state index contributed by atoms with van der Waals surface area (Å²) in [6.07, 6.45) is -0.0111. The van der Waals surface area contributed by atoms with Crippen LogP contribution < -0.4 is 4.74 Å². The van der Waals surface area contributed by atoms with Crippen LogP contribution in [0.3, 0.4) is 0 Å². The number of hydrogen-bond donors (Lipinski definition) is 1. The van der Waals surface area contributed by atoms with Crippen LogP contribution in [0.5, 0.6) is 5.75 Å². The zero-order valence-corrected chi connectivity index (χ0v) is 17.2. The minimum atomic E-state index is -0.974. The fraction of sp³-hybridized carbons (Fsp3) is 0.208. The van der Waals surface area contributed by atoms with Crippen molar-refractivity contribution in [1.29, 1.82) is 0 Å². The van der Waals surface area contributed by atoms with E-state index in [2.05, 4.69) is 0 Å². The fourth-order valence-corrected chi connectivity index (χ4v) is 3.55. The summed E-state index contributed by atoms with van der Waals surface area (Å²) in [5, 5.41) is 19.8. The van der Waals surface area contributed by atoms with Crippen molar-refractivity contribution >= 4 is 11.7 Å². The zero-order valence-electron chi connectivity index (χ0n) is 17.2. The van der Waals surface area contributed by atoms with Gasteiger partial charge in [-0.2, -0.15) is 0 Å². The summed E-state index contributed by atoms with van der Waals surface area (Å²) in [5.74, 6) is -1.12. The molecule has 0 aliphatic heterocycles. The summed E-state index contributed by atoms with van der Waals surface area (Å²) in [6, 6.07) is 15.2. The van der Waals surface area contributed by atoms with Gasteiger partial charge in [-0.3, -0.25) is 14.9 Å². The number of carboxylic acids is 1. The van der Waals surface area contributed by atoms with Crippen molar-refractivity contribution in [3.8, 4) is 16.9 Å². The van der Waals surface area contributed by atoms with Crippen LogP contribution in [0.15, 0.2) is 54.6 Å². The van der Waals surface area contributed by atoms with Crippen LogP contribution in [-0.4, -0.2) is 16.0 Å². The molecular formula is C24H22FNO5. The van der Waals surface area contributed by atoms with Gasteiger partial charge in [0.1, 0.15) is 18.2 Å². The van der Waals surface area contributed by atoms with Crippen molar-refractivity contribution in [1.82, 2.24) is 0 Å². The van der Waals surface area contributed by atoms with Gasteiger partial charge in [0.15, 0.2) is 0 Å². The number of benzene rings is 3. The first-order chi connectivity index (χ1) is 14.7. The molecule has 0 saturated heterocycles. The lowest BCUT2D eigenvalue weighted by Crippen LogP contribution is -2.01. The largest absolute Gasteiger partial charge is 0.489 e. The Morgan fingerprint density at radius 1 is 1.10 bits per heavy atom. The molecule has 0 radical (unpaired) electrons. The van der Waals surface area contributed by atoms with Crippen molar-refractivity contribution in [2.75, 3.05) is 0 Å². The number of aryl methyl sites for hydroxylation is 3. The van der Waals surface area contributed by atoms with E-state index in [0.29, 0.717) is 11.3 Å². The minimum Gasteiger partial charge on any atom is -0.489 e. The predicted octanol–water partition coefficient (Wildman–Crippen LogP) is 5.61. The number of hydrogen-bond acceptors (Lipinski definition) is 4. The van der Waals surface area contributed by atoms with Gasteiger partial charge < -0.3 is 9.84 Å². The van der Waals surface area contributed by atoms with Crippen LogP contribution in [0.2, 0.25) is 0 Å². The van der Waals surface area contributed by atoms with Crippen LogP contribution in [-0.2, 0) is 17.8 Å². The first kappa shape index (κ1) is 22.0. The van der Waals surface area contributed by atoms with Gasteiger partial charge >= 0.3 is 5.97 Å². The van der Waals surface area contributed by atoms with Gasteiger partial charge in [0.25, 0.3) is 5.69 Å². The minimum absolute atomic E-state index is 0.0621. The molecule has 0 heterocycles. The van der Waals surface area contributed by atoms with Gasteiger partial charge in [-0.25, -0.2) is 4.39 Å². The molecule has 6 nitrogen and oxygen atoms in total. The maximum absolute atomic E-state index is 14.2. The molecule has 0 fully saturated rings. The molecule has 0 aliphatic rings. The number of ether oxygens (including phenoxy) is 1. The highest BCUT2D eigenvalue weighted by molar-refractivity contribution is 5.73. The summed E-state index contributed by atoms with van der Waals surface area (Å²) < 4.78 is 19.9. The molecule has 3 rings (SSSR count). The quantitative estimate of drug-likeness (QED) is 0.375. The lowest BCUT2D eigenvalue weighted by molar-refractivity contribution is -0.384. The van der Waals surface area contributed by atoms with E-state index in [4.69, 9.17) is 9.84 Å². The highest BCUT2D eigenvalue weighted by atomic mass is 19.1. The van der Waals surface area contributed by atoms with Crippen molar-refractivity contribution in [2.24, 2.45) is 0 Å². The standard InChI is InChI=1S/C24H22FNO5/c1-15-10-20(26(29)30)11-16(2)24(15)19-5-3-4-17(12-19)14-31-21-8-6-18(22(25)13-21)7-9-23(27)28/h3-6,8,10-13H,7,9,14H2,1-2H3,(H,27,28). The average molecular weight is 423 g/mol. The summed E-state index contributed by atoms with van der Waals surface area (Å²) >= 11 is 0. The Kier molecular flexibility index (Phi) is 6.65. The molecule has 7 heteroatoms. The Hall–Kier alpha value is -3.74. The SMILES string of the molecule is Cc1cc([N+](=O)[O-])cc(C)c1-c1cccc(COc2ccc(CCC(=O)O)c(F)c2)c1. The van der Waals surface area contributed by atoms with E-state index in [9.17, 15) is 19.3 Å². The van der Waals surface area contributed by atoms with E-state index in [0.717, 1.165) is 27.8 Å². The van der Waals surface area contributed by atoms with Crippen LogP contribution in [0.25, 0.3) is 11.1 Å². The molecule has 0 saturated carbocycles. The number of carboxylic acid groups (broad SMARTS) is 1. The number of nitro groups is 1. The van der Waals surface area contributed by atoms with Crippen molar-refractivity contribution in [3.05, 3.63) is 92.8 Å². The zero-order chi connectivity index (χ0) is 22.5. The van der Waals surface area contributed by atoms with E-state index < -0.39 is 16.7 Å². The number of nitro benzene ring substituents is 1. The maximum Gasteiger partial charge on any atom is 0.303 e. The third kappa shape index (κ3) is 5.45. The van der Waals surface area contributed by atoms with E-state index in [-0.39, 0.29) is 25.1 Å². The maximum atomic E-state index is 14.2. The van der Waals surface area contributed by atoms with Gasteiger partial charge in [-0.1, -0.05) is 24.3 Å². The third-order valence-corrected chi connectivity index (χ3v) is 4.98. The molecular weight excluding hydrogens is 401 g/mol. The topological polar surface area (TPSA) is 89.7 Å². The van der Waals surface area contributed by atoms with Gasteiger partial charge in [-0.15, -0.1) is 0 Å². The Morgan fingerprint density at radius 3 is 2.42 bits per heavy atom. The van der Waals surface area contributed by atoms with Crippen LogP contribution >= 0.6 is 0 Å². The lowest BCUT2D eigenvalue weighted by atomic mass is 9.94. The molecule has 0 amide bonds. The summed E-state index contributed by atoms with van der Waals surface area (Å²) in [6.45, 7) is 3.90. The molecule has 31 heavy (non-hydrogen) atoms. The monoisotopic (exact) mass is 423 g/mol. The number of aliphatic carboxylic acids is 1. The third-order valence-electron chi connectivity index (χ3n) is 4.98. The molecule has 160 valence electrons. The van der Waals surface area contributed by atoms with Gasteiger partial charge in [0.05, 0.1) is 4.92 Å². The van der Waals surface area contributed by atoms with Crippen molar-refractivity contribution in [3.63, 3.8) is 0 Å². The summed E-state index contributed by atoms with van der Waals surface area (Å²) in [5.41, 5.74) is 4.73. The number of rotatable bonds is 8. The smallest absolute Gasteiger partial charge is 0.303 e. The Balaban J connectivity index is 1.76. The second-order valence-corrected chi connectivity index (χ2v) is 7.35. The molecule has 0 aliphatic carbocycles. The molecule has 0 aromatic heterocycles. The average Bonchev–Trinajstić information content (AvgIpc) is 2.71. The summed E-state index contributed by atoms with van der Waals surface area (Å²) in [7, 11) is 0. The Morgan fingerprint density at radius 2 is 1.81 bits per heavy atom. The van der Waals surface area contributed by atoms with Crippen molar-refractivity contribution in [2.45, 2.75) is 33.3 Å². The second-order valence-electron chi connectivity index (χ2n) is 7.35. The van der Waals surface area contributed by atoms with Crippen LogP contribution in [0.4, 0.5) is 10.1 Å². The normalized spacial score (nSPS) is 10.7. The Bertz CT molecular complexity index is 1120.